The molecule has 2 aromatic heterocycles. The molecule has 8 nitrogen and oxygen atoms in total. The molecular formula is C18H18N6O2. The minimum absolute atomic E-state index is 0.00258. The van der Waals surface area contributed by atoms with Gasteiger partial charge < -0.3 is 9.64 Å². The van der Waals surface area contributed by atoms with Crippen molar-refractivity contribution in [3.8, 4) is 11.6 Å². The molecule has 1 amide bonds. The zero-order valence-corrected chi connectivity index (χ0v) is 14.1. The highest BCUT2D eigenvalue weighted by molar-refractivity contribution is 5.95. The van der Waals surface area contributed by atoms with Crippen LogP contribution in [0.4, 0.5) is 0 Å². The standard InChI is InChI=1S/C18H18N6O2/c25-18(24-8-2-4-15(24)11-23-13-20-12-22-23)14-3-1-5-16(9-14)26-17-10-19-6-7-21-17/h1,3,5-7,9-10,12-13,15H,2,4,8,11H2. The Morgan fingerprint density at radius 1 is 1.27 bits per heavy atom. The normalized spacial score (nSPS) is 16.6. The van der Waals surface area contributed by atoms with Crippen LogP contribution >= 0.6 is 0 Å². The van der Waals surface area contributed by atoms with E-state index in [4.69, 9.17) is 4.74 Å². The minimum atomic E-state index is -0.00258. The van der Waals surface area contributed by atoms with Crippen molar-refractivity contribution in [2.75, 3.05) is 6.54 Å². The number of carbonyl (C=O) groups excluding carboxylic acids is 1. The number of likely N-dealkylation sites (tertiary alicyclic amines) is 1. The lowest BCUT2D eigenvalue weighted by atomic mass is 10.1. The van der Waals surface area contributed by atoms with Crippen LogP contribution in [0.5, 0.6) is 11.6 Å². The van der Waals surface area contributed by atoms with Crippen LogP contribution in [0.3, 0.4) is 0 Å². The molecule has 4 rings (SSSR count). The predicted octanol–water partition coefficient (Wildman–Crippen LogP) is 2.17. The molecule has 1 atom stereocenters. The number of carbonyl (C=O) groups is 1. The number of aromatic nitrogens is 5. The molecule has 3 aromatic rings. The molecule has 0 spiro atoms. The van der Waals surface area contributed by atoms with Crippen molar-refractivity contribution in [1.82, 2.24) is 29.6 Å². The zero-order valence-electron chi connectivity index (χ0n) is 14.1. The highest BCUT2D eigenvalue weighted by Gasteiger charge is 2.30. The van der Waals surface area contributed by atoms with Crippen LogP contribution in [-0.4, -0.2) is 48.1 Å². The summed E-state index contributed by atoms with van der Waals surface area (Å²) in [4.78, 5) is 26.9. The van der Waals surface area contributed by atoms with Gasteiger partial charge in [0.25, 0.3) is 5.91 Å². The molecule has 132 valence electrons. The molecule has 1 aromatic carbocycles. The van der Waals surface area contributed by atoms with Crippen LogP contribution in [-0.2, 0) is 6.54 Å². The number of hydrogen-bond acceptors (Lipinski definition) is 6. The van der Waals surface area contributed by atoms with E-state index in [2.05, 4.69) is 20.1 Å². The zero-order chi connectivity index (χ0) is 17.8. The number of nitrogens with zero attached hydrogens (tertiary/aromatic N) is 6. The molecule has 0 saturated carbocycles. The summed E-state index contributed by atoms with van der Waals surface area (Å²) in [5, 5.41) is 4.14. The maximum atomic E-state index is 13.0. The van der Waals surface area contributed by atoms with Gasteiger partial charge in [-0.3, -0.25) is 14.5 Å². The van der Waals surface area contributed by atoms with Crippen molar-refractivity contribution in [1.29, 1.82) is 0 Å². The smallest absolute Gasteiger partial charge is 0.254 e. The Kier molecular flexibility index (Phi) is 4.55. The largest absolute Gasteiger partial charge is 0.437 e. The maximum Gasteiger partial charge on any atom is 0.254 e. The first kappa shape index (κ1) is 16.2. The van der Waals surface area contributed by atoms with Crippen LogP contribution in [0, 0.1) is 0 Å². The number of ether oxygens (including phenoxy) is 1. The average Bonchev–Trinajstić information content (AvgIpc) is 3.35. The fourth-order valence-corrected chi connectivity index (χ4v) is 3.15. The molecule has 0 bridgehead atoms. The summed E-state index contributed by atoms with van der Waals surface area (Å²) in [5.74, 6) is 0.947. The second kappa shape index (κ2) is 7.30. The van der Waals surface area contributed by atoms with Crippen molar-refractivity contribution >= 4 is 5.91 Å². The summed E-state index contributed by atoms with van der Waals surface area (Å²) in [6.45, 7) is 1.40. The Bertz CT molecular complexity index is 868. The molecule has 8 heteroatoms. The number of benzene rings is 1. The van der Waals surface area contributed by atoms with E-state index in [1.54, 1.807) is 47.7 Å². The van der Waals surface area contributed by atoms with E-state index in [1.165, 1.54) is 12.5 Å². The second-order valence-electron chi connectivity index (χ2n) is 6.09. The molecule has 3 heterocycles. The molecule has 0 aliphatic carbocycles. The van der Waals surface area contributed by atoms with Crippen LogP contribution in [0.1, 0.15) is 23.2 Å². The Hall–Kier alpha value is -3.29. The molecule has 0 N–H and O–H groups in total. The van der Waals surface area contributed by atoms with E-state index in [9.17, 15) is 4.79 Å². The van der Waals surface area contributed by atoms with Crippen molar-refractivity contribution in [3.63, 3.8) is 0 Å². The Labute approximate surface area is 150 Å². The van der Waals surface area contributed by atoms with Crippen LogP contribution < -0.4 is 4.74 Å². The topological polar surface area (TPSA) is 86.0 Å². The molecule has 1 aliphatic rings. The minimum Gasteiger partial charge on any atom is -0.437 e. The van der Waals surface area contributed by atoms with Gasteiger partial charge >= 0.3 is 0 Å². The van der Waals surface area contributed by atoms with E-state index in [1.807, 2.05) is 4.90 Å². The molecule has 1 fully saturated rings. The van der Waals surface area contributed by atoms with E-state index >= 15 is 0 Å². The first-order valence-corrected chi connectivity index (χ1v) is 8.47. The van der Waals surface area contributed by atoms with Gasteiger partial charge in [0.15, 0.2) is 0 Å². The van der Waals surface area contributed by atoms with Gasteiger partial charge in [0, 0.05) is 24.5 Å². The lowest BCUT2D eigenvalue weighted by molar-refractivity contribution is 0.0721. The number of rotatable bonds is 5. The summed E-state index contributed by atoms with van der Waals surface area (Å²) in [7, 11) is 0. The van der Waals surface area contributed by atoms with E-state index in [-0.39, 0.29) is 11.9 Å². The Morgan fingerprint density at radius 3 is 3.04 bits per heavy atom. The summed E-state index contributed by atoms with van der Waals surface area (Å²) >= 11 is 0. The Balaban J connectivity index is 1.49. The fourth-order valence-electron chi connectivity index (χ4n) is 3.15. The third-order valence-electron chi connectivity index (χ3n) is 4.35. The highest BCUT2D eigenvalue weighted by Crippen LogP contribution is 2.24. The second-order valence-corrected chi connectivity index (χ2v) is 6.09. The van der Waals surface area contributed by atoms with E-state index in [0.717, 1.165) is 19.4 Å². The lowest BCUT2D eigenvalue weighted by Crippen LogP contribution is -2.38. The van der Waals surface area contributed by atoms with Crippen molar-refractivity contribution < 1.29 is 9.53 Å². The van der Waals surface area contributed by atoms with Gasteiger partial charge in [-0.15, -0.1) is 0 Å². The number of hydrogen-bond donors (Lipinski definition) is 0. The quantitative estimate of drug-likeness (QED) is 0.701. The number of amides is 1. The van der Waals surface area contributed by atoms with Crippen LogP contribution in [0.15, 0.2) is 55.5 Å². The molecule has 1 aliphatic heterocycles. The molecule has 1 unspecified atom stereocenters. The van der Waals surface area contributed by atoms with Crippen LogP contribution in [0.2, 0.25) is 0 Å². The third kappa shape index (κ3) is 3.53. The summed E-state index contributed by atoms with van der Waals surface area (Å²) in [6.07, 6.45) is 9.80. The fraction of sp³-hybridized carbons (Fsp3) is 0.278. The van der Waals surface area contributed by atoms with Gasteiger partial charge in [-0.25, -0.2) is 9.97 Å². The predicted molar refractivity (Wildman–Crippen MR) is 92.6 cm³/mol. The van der Waals surface area contributed by atoms with Crippen molar-refractivity contribution in [2.45, 2.75) is 25.4 Å². The van der Waals surface area contributed by atoms with Crippen LogP contribution in [0.25, 0.3) is 0 Å². The van der Waals surface area contributed by atoms with Gasteiger partial charge in [-0.1, -0.05) is 6.07 Å². The average molecular weight is 350 g/mol. The lowest BCUT2D eigenvalue weighted by Gasteiger charge is -2.24. The highest BCUT2D eigenvalue weighted by atomic mass is 16.5. The molecule has 1 saturated heterocycles. The van der Waals surface area contributed by atoms with Gasteiger partial charge in [0.2, 0.25) is 5.88 Å². The van der Waals surface area contributed by atoms with Gasteiger partial charge in [0.05, 0.1) is 18.8 Å². The van der Waals surface area contributed by atoms with E-state index in [0.29, 0.717) is 23.7 Å². The van der Waals surface area contributed by atoms with Gasteiger partial charge in [-0.05, 0) is 31.0 Å². The summed E-state index contributed by atoms with van der Waals surface area (Å²) in [5.41, 5.74) is 0.594. The SMILES string of the molecule is O=C(c1cccc(Oc2cnccn2)c1)N1CCCC1Cn1cncn1. The molecule has 26 heavy (non-hydrogen) atoms. The van der Waals surface area contributed by atoms with Crippen molar-refractivity contribution in [2.24, 2.45) is 0 Å². The summed E-state index contributed by atoms with van der Waals surface area (Å²) in [6, 6.07) is 7.26. The van der Waals surface area contributed by atoms with Gasteiger partial charge in [-0.2, -0.15) is 5.10 Å². The van der Waals surface area contributed by atoms with Gasteiger partial charge in [0.1, 0.15) is 18.4 Å². The maximum absolute atomic E-state index is 13.0. The van der Waals surface area contributed by atoms with Crippen molar-refractivity contribution in [3.05, 3.63) is 61.1 Å². The molecular weight excluding hydrogens is 332 g/mol. The first-order valence-electron chi connectivity index (χ1n) is 8.47. The Morgan fingerprint density at radius 2 is 2.23 bits per heavy atom. The summed E-state index contributed by atoms with van der Waals surface area (Å²) < 4.78 is 7.44. The van der Waals surface area contributed by atoms with E-state index < -0.39 is 0 Å². The monoisotopic (exact) mass is 350 g/mol. The molecule has 0 radical (unpaired) electrons. The first-order chi connectivity index (χ1) is 12.8. The third-order valence-corrected chi connectivity index (χ3v) is 4.35.